The lowest BCUT2D eigenvalue weighted by Crippen LogP contribution is -2.48. The Bertz CT molecular complexity index is 1170. The molecule has 0 unspecified atom stereocenters. The van der Waals surface area contributed by atoms with E-state index >= 15 is 0 Å². The molecule has 1 fully saturated rings. The van der Waals surface area contributed by atoms with Gasteiger partial charge in [-0.25, -0.2) is 4.98 Å². The van der Waals surface area contributed by atoms with Crippen LogP contribution >= 0.6 is 0 Å². The number of H-pyrrole nitrogens is 1. The molecule has 2 N–H and O–H groups in total. The van der Waals surface area contributed by atoms with Crippen LogP contribution in [0.25, 0.3) is 16.6 Å². The normalized spacial score (nSPS) is 23.9. The fraction of sp³-hybridized carbons (Fsp3) is 0.500. The number of ether oxygens (including phenoxy) is 1. The Labute approximate surface area is 209 Å². The maximum Gasteiger partial charge on any atom is 0.147 e. The van der Waals surface area contributed by atoms with Crippen molar-refractivity contribution in [3.8, 4) is 5.75 Å². The van der Waals surface area contributed by atoms with E-state index in [1.165, 1.54) is 17.6 Å². The molecule has 0 saturated heterocycles. The summed E-state index contributed by atoms with van der Waals surface area (Å²) in [7, 11) is 2.17. The van der Waals surface area contributed by atoms with Gasteiger partial charge in [0.05, 0.1) is 17.2 Å². The zero-order valence-corrected chi connectivity index (χ0v) is 21.3. The second-order valence-corrected chi connectivity index (χ2v) is 10.8. The Morgan fingerprint density at radius 3 is 2.69 bits per heavy atom. The van der Waals surface area contributed by atoms with Crippen molar-refractivity contribution in [3.63, 3.8) is 0 Å². The highest BCUT2D eigenvalue weighted by atomic mass is 16.5. The van der Waals surface area contributed by atoms with Crippen molar-refractivity contribution in [1.82, 2.24) is 14.9 Å². The predicted octanol–water partition coefficient (Wildman–Crippen LogP) is 5.85. The van der Waals surface area contributed by atoms with Crippen molar-refractivity contribution < 1.29 is 9.84 Å². The average molecular weight is 474 g/mol. The Balaban J connectivity index is 1.13. The number of imidazole rings is 1. The molecule has 35 heavy (non-hydrogen) atoms. The molecular weight excluding hydrogens is 434 g/mol. The van der Waals surface area contributed by atoms with E-state index in [1.807, 2.05) is 26.0 Å². The molecule has 1 saturated carbocycles. The number of nitrogens with zero attached hydrogens (tertiary/aromatic N) is 2. The third-order valence-electron chi connectivity index (χ3n) is 7.81. The van der Waals surface area contributed by atoms with Crippen molar-refractivity contribution in [3.05, 3.63) is 66.0 Å². The fourth-order valence-corrected chi connectivity index (χ4v) is 5.97. The van der Waals surface area contributed by atoms with Gasteiger partial charge < -0.3 is 19.7 Å². The first-order valence-electron chi connectivity index (χ1n) is 13.2. The lowest BCUT2D eigenvalue weighted by Gasteiger charge is -2.48. The monoisotopic (exact) mass is 473 g/mol. The maximum atomic E-state index is 11.5. The van der Waals surface area contributed by atoms with Gasteiger partial charge >= 0.3 is 0 Å². The topological polar surface area (TPSA) is 61.4 Å². The molecule has 0 aliphatic heterocycles. The molecule has 2 aromatic carbocycles. The highest BCUT2D eigenvalue weighted by molar-refractivity contribution is 5.81. The van der Waals surface area contributed by atoms with Gasteiger partial charge in [0.2, 0.25) is 0 Å². The molecule has 186 valence electrons. The van der Waals surface area contributed by atoms with Crippen molar-refractivity contribution in [2.45, 2.75) is 64.1 Å². The number of fused-ring (bicyclic) bond motifs is 3. The molecule has 0 radical (unpaired) electrons. The van der Waals surface area contributed by atoms with Gasteiger partial charge in [0, 0.05) is 18.9 Å². The van der Waals surface area contributed by atoms with Gasteiger partial charge in [-0.1, -0.05) is 42.5 Å². The molecule has 0 amide bonds. The molecule has 1 heterocycles. The number of allylic oxidation sites excluding steroid dienone is 1. The predicted molar refractivity (Wildman–Crippen MR) is 142 cm³/mol. The van der Waals surface area contributed by atoms with Crippen LogP contribution in [-0.4, -0.2) is 51.8 Å². The molecule has 6 rings (SSSR count). The van der Waals surface area contributed by atoms with Gasteiger partial charge in [-0.15, -0.1) is 0 Å². The standard InChI is InChI=1S/C30H39N3O2/c1-21(2)35-27-12-7-11-26-29(27)32-28(31-26)13-8-17-33(3)18-16-30(34)20-23-14-15-24(30)19-25(23)22-9-5-4-6-10-22/h4-7,9-12,19,21,23-24,34H,8,13-18,20H2,1-3H3,(H,31,32)/t23-,24-,30+/m1/s1. The quantitative estimate of drug-likeness (QED) is 0.388. The molecule has 3 aromatic rings. The number of aliphatic hydroxyl groups is 1. The fourth-order valence-electron chi connectivity index (χ4n) is 5.97. The number of para-hydroxylation sites is 1. The van der Waals surface area contributed by atoms with Crippen LogP contribution < -0.4 is 4.74 Å². The first-order valence-corrected chi connectivity index (χ1v) is 13.2. The zero-order chi connectivity index (χ0) is 24.4. The molecular formula is C30H39N3O2. The molecule has 0 spiro atoms. The minimum atomic E-state index is -0.568. The number of aromatic amines is 1. The van der Waals surface area contributed by atoms with Gasteiger partial charge in [0.25, 0.3) is 0 Å². The SMILES string of the molecule is CC(C)Oc1cccc2[nH]c(CCCN(C)CC[C@]3(O)C[C@H]4CC[C@@H]3C=C4c3ccccc3)nc12. The summed E-state index contributed by atoms with van der Waals surface area (Å²) in [6.07, 6.45) is 8.48. The molecule has 5 heteroatoms. The smallest absolute Gasteiger partial charge is 0.147 e. The first-order chi connectivity index (χ1) is 16.9. The van der Waals surface area contributed by atoms with Crippen LogP contribution in [-0.2, 0) is 6.42 Å². The van der Waals surface area contributed by atoms with Gasteiger partial charge in [-0.05, 0) is 88.7 Å². The van der Waals surface area contributed by atoms with Crippen LogP contribution in [0.4, 0.5) is 0 Å². The van der Waals surface area contributed by atoms with Gasteiger partial charge in [-0.3, -0.25) is 0 Å². The van der Waals surface area contributed by atoms with E-state index in [1.54, 1.807) is 0 Å². The van der Waals surface area contributed by atoms with E-state index < -0.39 is 5.60 Å². The summed E-state index contributed by atoms with van der Waals surface area (Å²) in [6.45, 7) is 5.98. The summed E-state index contributed by atoms with van der Waals surface area (Å²) >= 11 is 0. The van der Waals surface area contributed by atoms with Gasteiger partial charge in [0.15, 0.2) is 0 Å². The van der Waals surface area contributed by atoms with E-state index in [-0.39, 0.29) is 12.0 Å². The minimum Gasteiger partial charge on any atom is -0.489 e. The Kier molecular flexibility index (Phi) is 6.99. The van der Waals surface area contributed by atoms with E-state index in [2.05, 4.69) is 59.4 Å². The number of aryl methyl sites for hydroxylation is 1. The summed E-state index contributed by atoms with van der Waals surface area (Å²) in [5.74, 6) is 2.61. The largest absolute Gasteiger partial charge is 0.489 e. The van der Waals surface area contributed by atoms with Gasteiger partial charge in [-0.2, -0.15) is 0 Å². The third-order valence-corrected chi connectivity index (χ3v) is 7.81. The number of hydrogen-bond donors (Lipinski definition) is 2. The summed E-state index contributed by atoms with van der Waals surface area (Å²) in [6, 6.07) is 16.8. The number of rotatable bonds is 10. The highest BCUT2D eigenvalue weighted by Gasteiger charge is 2.46. The van der Waals surface area contributed by atoms with E-state index in [9.17, 15) is 5.11 Å². The van der Waals surface area contributed by atoms with E-state index in [4.69, 9.17) is 9.72 Å². The van der Waals surface area contributed by atoms with Gasteiger partial charge in [0.1, 0.15) is 17.1 Å². The lowest BCUT2D eigenvalue weighted by molar-refractivity contribution is -0.0574. The lowest BCUT2D eigenvalue weighted by atomic mass is 9.61. The maximum absolute atomic E-state index is 11.5. The van der Waals surface area contributed by atoms with Crippen molar-refractivity contribution in [2.24, 2.45) is 11.8 Å². The number of aromatic nitrogens is 2. The summed E-state index contributed by atoms with van der Waals surface area (Å²) in [5, 5.41) is 11.5. The van der Waals surface area contributed by atoms with Crippen molar-refractivity contribution in [2.75, 3.05) is 20.1 Å². The van der Waals surface area contributed by atoms with Crippen LogP contribution in [0.15, 0.2) is 54.6 Å². The van der Waals surface area contributed by atoms with Crippen molar-refractivity contribution in [1.29, 1.82) is 0 Å². The second kappa shape index (κ2) is 10.2. The van der Waals surface area contributed by atoms with Crippen LogP contribution in [0.5, 0.6) is 5.75 Å². The zero-order valence-electron chi connectivity index (χ0n) is 21.3. The number of benzene rings is 2. The highest BCUT2D eigenvalue weighted by Crippen LogP contribution is 2.51. The van der Waals surface area contributed by atoms with E-state index in [0.717, 1.165) is 67.8 Å². The average Bonchev–Trinajstić information content (AvgIpc) is 3.27. The van der Waals surface area contributed by atoms with Crippen LogP contribution in [0.3, 0.4) is 0 Å². The first kappa shape index (κ1) is 24.1. The molecule has 3 atom stereocenters. The molecule has 5 nitrogen and oxygen atoms in total. The number of hydrogen-bond acceptors (Lipinski definition) is 4. The summed E-state index contributed by atoms with van der Waals surface area (Å²) in [5.41, 5.74) is 4.16. The third kappa shape index (κ3) is 5.31. The Morgan fingerprint density at radius 1 is 1.11 bits per heavy atom. The molecule has 2 bridgehead atoms. The Morgan fingerprint density at radius 2 is 1.94 bits per heavy atom. The number of nitrogens with one attached hydrogen (secondary N) is 1. The van der Waals surface area contributed by atoms with Crippen molar-refractivity contribution >= 4 is 16.6 Å². The minimum absolute atomic E-state index is 0.129. The van der Waals surface area contributed by atoms with E-state index in [0.29, 0.717) is 5.92 Å². The Hall–Kier alpha value is -2.63. The molecule has 3 aliphatic carbocycles. The van der Waals surface area contributed by atoms with Crippen LogP contribution in [0.2, 0.25) is 0 Å². The summed E-state index contributed by atoms with van der Waals surface area (Å²) < 4.78 is 5.92. The summed E-state index contributed by atoms with van der Waals surface area (Å²) in [4.78, 5) is 10.6. The molecule has 1 aromatic heterocycles. The van der Waals surface area contributed by atoms with Crippen LogP contribution in [0, 0.1) is 11.8 Å². The molecule has 3 aliphatic rings. The second-order valence-electron chi connectivity index (χ2n) is 10.8. The van der Waals surface area contributed by atoms with Crippen LogP contribution in [0.1, 0.15) is 57.3 Å².